The number of morpholine rings is 1. The summed E-state index contributed by atoms with van der Waals surface area (Å²) in [5.41, 5.74) is 0.735. The lowest BCUT2D eigenvalue weighted by atomic mass is 10.2. The molecular formula is C11H12ClNO3. The zero-order valence-electron chi connectivity index (χ0n) is 8.60. The van der Waals surface area contributed by atoms with Gasteiger partial charge in [-0.05, 0) is 18.2 Å². The Morgan fingerprint density at radius 2 is 2.38 bits per heavy atom. The predicted octanol–water partition coefficient (Wildman–Crippen LogP) is 1.06. The molecule has 1 atom stereocenters. The molecular weight excluding hydrogens is 230 g/mol. The number of benzene rings is 1. The molecule has 4 nitrogen and oxygen atoms in total. The van der Waals surface area contributed by atoms with Crippen molar-refractivity contribution < 1.29 is 14.6 Å². The van der Waals surface area contributed by atoms with Gasteiger partial charge >= 0.3 is 0 Å². The largest absolute Gasteiger partial charge is 0.393 e. The molecule has 0 aromatic heterocycles. The SMILES string of the molecule is O=C1C(CO)OCCN1c1cccc(Cl)c1. The molecule has 1 aromatic rings. The smallest absolute Gasteiger partial charge is 0.258 e. The summed E-state index contributed by atoms with van der Waals surface area (Å²) in [6.45, 7) is 0.606. The minimum absolute atomic E-state index is 0.226. The molecule has 0 spiro atoms. The van der Waals surface area contributed by atoms with Crippen LogP contribution in [0.4, 0.5) is 5.69 Å². The number of hydrogen-bond donors (Lipinski definition) is 1. The van der Waals surface area contributed by atoms with Crippen LogP contribution in [0.3, 0.4) is 0 Å². The summed E-state index contributed by atoms with van der Waals surface area (Å²) in [5, 5.41) is 9.56. The fraction of sp³-hybridized carbons (Fsp3) is 0.364. The molecule has 1 heterocycles. The van der Waals surface area contributed by atoms with Gasteiger partial charge in [0.25, 0.3) is 5.91 Å². The second-order valence-electron chi connectivity index (χ2n) is 3.51. The van der Waals surface area contributed by atoms with Crippen LogP contribution in [0, 0.1) is 0 Å². The van der Waals surface area contributed by atoms with E-state index < -0.39 is 6.10 Å². The van der Waals surface area contributed by atoms with Gasteiger partial charge in [0.1, 0.15) is 0 Å². The minimum atomic E-state index is -0.757. The first-order valence-electron chi connectivity index (χ1n) is 5.02. The molecule has 1 aromatic carbocycles. The second-order valence-corrected chi connectivity index (χ2v) is 3.95. The first kappa shape index (κ1) is 11.4. The Balaban J connectivity index is 2.23. The lowest BCUT2D eigenvalue weighted by Gasteiger charge is -2.31. The van der Waals surface area contributed by atoms with Gasteiger partial charge in [-0.25, -0.2) is 0 Å². The average molecular weight is 242 g/mol. The van der Waals surface area contributed by atoms with Gasteiger partial charge in [0.2, 0.25) is 0 Å². The van der Waals surface area contributed by atoms with Crippen molar-refractivity contribution in [3.63, 3.8) is 0 Å². The highest BCUT2D eigenvalue weighted by molar-refractivity contribution is 6.30. The van der Waals surface area contributed by atoms with E-state index in [1.807, 2.05) is 6.07 Å². The molecule has 0 saturated carbocycles. The molecule has 5 heteroatoms. The summed E-state index contributed by atoms with van der Waals surface area (Å²) in [6, 6.07) is 7.07. The molecule has 1 amide bonds. The number of halogens is 1. The molecule has 1 aliphatic heterocycles. The van der Waals surface area contributed by atoms with E-state index in [0.717, 1.165) is 5.69 Å². The number of rotatable bonds is 2. The van der Waals surface area contributed by atoms with Crippen LogP contribution in [0.5, 0.6) is 0 Å². The Morgan fingerprint density at radius 1 is 1.56 bits per heavy atom. The molecule has 1 aliphatic rings. The molecule has 86 valence electrons. The molecule has 1 fully saturated rings. The number of carbonyl (C=O) groups is 1. The fourth-order valence-electron chi connectivity index (χ4n) is 1.67. The quantitative estimate of drug-likeness (QED) is 0.843. The monoisotopic (exact) mass is 241 g/mol. The van der Waals surface area contributed by atoms with Crippen LogP contribution in [0.15, 0.2) is 24.3 Å². The normalized spacial score (nSPS) is 21.2. The van der Waals surface area contributed by atoms with Gasteiger partial charge in [-0.15, -0.1) is 0 Å². The van der Waals surface area contributed by atoms with Crippen molar-refractivity contribution >= 4 is 23.2 Å². The highest BCUT2D eigenvalue weighted by atomic mass is 35.5. The van der Waals surface area contributed by atoms with Crippen LogP contribution in [-0.2, 0) is 9.53 Å². The van der Waals surface area contributed by atoms with Gasteiger partial charge in [0, 0.05) is 17.3 Å². The van der Waals surface area contributed by atoms with E-state index in [2.05, 4.69) is 0 Å². The van der Waals surface area contributed by atoms with E-state index in [1.165, 1.54) is 0 Å². The standard InChI is InChI=1S/C11H12ClNO3/c12-8-2-1-3-9(6-8)13-4-5-16-10(7-14)11(13)15/h1-3,6,10,14H,4-5,7H2. The molecule has 0 bridgehead atoms. The summed E-state index contributed by atoms with van der Waals surface area (Å²) in [5.74, 6) is -0.226. The summed E-state index contributed by atoms with van der Waals surface area (Å²) >= 11 is 5.86. The van der Waals surface area contributed by atoms with Gasteiger partial charge in [-0.1, -0.05) is 17.7 Å². The third kappa shape index (κ3) is 2.19. The van der Waals surface area contributed by atoms with Crippen LogP contribution in [0.2, 0.25) is 5.02 Å². The van der Waals surface area contributed by atoms with Gasteiger partial charge in [-0.3, -0.25) is 4.79 Å². The van der Waals surface area contributed by atoms with Crippen molar-refractivity contribution in [1.29, 1.82) is 0 Å². The Bertz CT molecular complexity index is 397. The number of carbonyl (C=O) groups excluding carboxylic acids is 1. The number of ether oxygens (including phenoxy) is 1. The van der Waals surface area contributed by atoms with E-state index in [4.69, 9.17) is 21.4 Å². The maximum absolute atomic E-state index is 11.9. The van der Waals surface area contributed by atoms with Gasteiger partial charge in [-0.2, -0.15) is 0 Å². The fourth-order valence-corrected chi connectivity index (χ4v) is 1.86. The second kappa shape index (κ2) is 4.82. The van der Waals surface area contributed by atoms with Crippen LogP contribution in [-0.4, -0.2) is 36.9 Å². The first-order chi connectivity index (χ1) is 7.72. The number of anilines is 1. The van der Waals surface area contributed by atoms with Crippen molar-refractivity contribution in [3.05, 3.63) is 29.3 Å². The highest BCUT2D eigenvalue weighted by Crippen LogP contribution is 2.22. The van der Waals surface area contributed by atoms with Crippen LogP contribution >= 0.6 is 11.6 Å². The zero-order valence-corrected chi connectivity index (χ0v) is 9.35. The van der Waals surface area contributed by atoms with Crippen molar-refractivity contribution in [2.75, 3.05) is 24.7 Å². The number of amides is 1. The zero-order chi connectivity index (χ0) is 11.5. The van der Waals surface area contributed by atoms with Crippen molar-refractivity contribution in [2.45, 2.75) is 6.10 Å². The third-order valence-electron chi connectivity index (χ3n) is 2.46. The van der Waals surface area contributed by atoms with E-state index in [1.54, 1.807) is 23.1 Å². The van der Waals surface area contributed by atoms with Crippen molar-refractivity contribution in [1.82, 2.24) is 0 Å². The maximum Gasteiger partial charge on any atom is 0.258 e. The lowest BCUT2D eigenvalue weighted by molar-refractivity contribution is -0.136. The summed E-state index contributed by atoms with van der Waals surface area (Å²) in [4.78, 5) is 13.4. The maximum atomic E-state index is 11.9. The number of aliphatic hydroxyl groups excluding tert-OH is 1. The van der Waals surface area contributed by atoms with Crippen LogP contribution < -0.4 is 4.90 Å². The van der Waals surface area contributed by atoms with Crippen molar-refractivity contribution in [3.8, 4) is 0 Å². The molecule has 1 unspecified atom stereocenters. The average Bonchev–Trinajstić information content (AvgIpc) is 2.29. The highest BCUT2D eigenvalue weighted by Gasteiger charge is 2.29. The number of nitrogens with zero attached hydrogens (tertiary/aromatic N) is 1. The Labute approximate surface area is 98.4 Å². The van der Waals surface area contributed by atoms with Gasteiger partial charge < -0.3 is 14.7 Å². The molecule has 1 N–H and O–H groups in total. The number of hydrogen-bond acceptors (Lipinski definition) is 3. The molecule has 16 heavy (non-hydrogen) atoms. The molecule has 1 saturated heterocycles. The Morgan fingerprint density at radius 3 is 3.06 bits per heavy atom. The summed E-state index contributed by atoms with van der Waals surface area (Å²) in [6.07, 6.45) is -0.757. The van der Waals surface area contributed by atoms with Gasteiger partial charge in [0.15, 0.2) is 6.10 Å². The minimum Gasteiger partial charge on any atom is -0.393 e. The van der Waals surface area contributed by atoms with Crippen LogP contribution in [0.1, 0.15) is 0 Å². The Hall–Kier alpha value is -1.10. The topological polar surface area (TPSA) is 49.8 Å². The number of aliphatic hydroxyl groups is 1. The molecule has 2 rings (SSSR count). The molecule has 0 aliphatic carbocycles. The van der Waals surface area contributed by atoms with E-state index in [-0.39, 0.29) is 12.5 Å². The lowest BCUT2D eigenvalue weighted by Crippen LogP contribution is -2.49. The van der Waals surface area contributed by atoms with E-state index in [9.17, 15) is 4.79 Å². The third-order valence-corrected chi connectivity index (χ3v) is 2.70. The van der Waals surface area contributed by atoms with Crippen LogP contribution in [0.25, 0.3) is 0 Å². The van der Waals surface area contributed by atoms with Gasteiger partial charge in [0.05, 0.1) is 13.2 Å². The summed E-state index contributed by atoms with van der Waals surface area (Å²) < 4.78 is 5.15. The Kier molecular flexibility index (Phi) is 3.43. The predicted molar refractivity (Wildman–Crippen MR) is 60.6 cm³/mol. The molecule has 0 radical (unpaired) electrons. The first-order valence-corrected chi connectivity index (χ1v) is 5.39. The van der Waals surface area contributed by atoms with E-state index >= 15 is 0 Å². The van der Waals surface area contributed by atoms with E-state index in [0.29, 0.717) is 18.2 Å². The van der Waals surface area contributed by atoms with Crippen molar-refractivity contribution in [2.24, 2.45) is 0 Å². The summed E-state index contributed by atoms with van der Waals surface area (Å²) in [7, 11) is 0.